The Balaban J connectivity index is 1.96. The zero-order chi connectivity index (χ0) is 14.8. The second-order valence-electron chi connectivity index (χ2n) is 4.48. The number of carbonyl (C=O) groups excluding carboxylic acids is 1. The van der Waals surface area contributed by atoms with E-state index < -0.39 is 0 Å². The molecule has 0 atom stereocenters. The predicted molar refractivity (Wildman–Crippen MR) is 85.6 cm³/mol. The first-order chi connectivity index (χ1) is 10.1. The molecule has 21 heavy (non-hydrogen) atoms. The number of carbonyl (C=O) groups is 1. The standard InChI is InChI=1S/C16H10Cl2N2O/c17-11-7-5-10(6-8-11)9-14-16(21)20-15(19-14)12-3-1-2-4-13(12)18/h1-9H,(H,19,20,21)/b14-9-. The van der Waals surface area contributed by atoms with Crippen molar-refractivity contribution < 1.29 is 4.79 Å². The number of nitrogens with zero attached hydrogens (tertiary/aromatic N) is 1. The van der Waals surface area contributed by atoms with E-state index in [-0.39, 0.29) is 5.91 Å². The van der Waals surface area contributed by atoms with Crippen molar-refractivity contribution in [2.24, 2.45) is 4.99 Å². The van der Waals surface area contributed by atoms with Gasteiger partial charge in [0.25, 0.3) is 5.91 Å². The zero-order valence-electron chi connectivity index (χ0n) is 10.8. The molecule has 0 radical (unpaired) electrons. The Bertz CT molecular complexity index is 764. The molecule has 0 spiro atoms. The SMILES string of the molecule is O=C1NC(c2ccccc2Cl)=N/C1=C\c1ccc(Cl)cc1. The first-order valence-corrected chi connectivity index (χ1v) is 7.01. The van der Waals surface area contributed by atoms with E-state index in [1.165, 1.54) is 0 Å². The monoisotopic (exact) mass is 316 g/mol. The van der Waals surface area contributed by atoms with Crippen molar-refractivity contribution in [3.05, 3.63) is 75.4 Å². The molecular formula is C16H10Cl2N2O. The average molecular weight is 317 g/mol. The second-order valence-corrected chi connectivity index (χ2v) is 5.32. The Morgan fingerprint density at radius 2 is 1.71 bits per heavy atom. The lowest BCUT2D eigenvalue weighted by atomic mass is 10.2. The Labute approximate surface area is 131 Å². The third kappa shape index (κ3) is 2.99. The molecule has 104 valence electrons. The molecule has 1 amide bonds. The van der Waals surface area contributed by atoms with Gasteiger partial charge >= 0.3 is 0 Å². The summed E-state index contributed by atoms with van der Waals surface area (Å²) in [6, 6.07) is 14.4. The van der Waals surface area contributed by atoms with Crippen molar-refractivity contribution in [3.63, 3.8) is 0 Å². The van der Waals surface area contributed by atoms with Crippen LogP contribution in [0.25, 0.3) is 6.08 Å². The molecule has 3 rings (SSSR count). The summed E-state index contributed by atoms with van der Waals surface area (Å²) in [4.78, 5) is 16.3. The van der Waals surface area contributed by atoms with Crippen molar-refractivity contribution in [1.29, 1.82) is 0 Å². The number of aliphatic imine (C=N–C) groups is 1. The van der Waals surface area contributed by atoms with Gasteiger partial charge in [0.05, 0.1) is 5.02 Å². The van der Waals surface area contributed by atoms with Crippen molar-refractivity contribution in [1.82, 2.24) is 5.32 Å². The van der Waals surface area contributed by atoms with E-state index in [0.717, 1.165) is 5.56 Å². The quantitative estimate of drug-likeness (QED) is 0.838. The Hall–Kier alpha value is -2.10. The highest BCUT2D eigenvalue weighted by Gasteiger charge is 2.22. The fraction of sp³-hybridized carbons (Fsp3) is 0. The van der Waals surface area contributed by atoms with Gasteiger partial charge in [0, 0.05) is 10.6 Å². The van der Waals surface area contributed by atoms with Crippen LogP contribution in [0.3, 0.4) is 0 Å². The van der Waals surface area contributed by atoms with Crippen molar-refractivity contribution in [2.75, 3.05) is 0 Å². The molecular weight excluding hydrogens is 307 g/mol. The van der Waals surface area contributed by atoms with E-state index in [1.807, 2.05) is 30.3 Å². The van der Waals surface area contributed by atoms with Crippen molar-refractivity contribution in [3.8, 4) is 0 Å². The van der Waals surface area contributed by atoms with Crippen LogP contribution >= 0.6 is 23.2 Å². The van der Waals surface area contributed by atoms with Crippen LogP contribution in [0.2, 0.25) is 10.0 Å². The fourth-order valence-electron chi connectivity index (χ4n) is 1.97. The topological polar surface area (TPSA) is 41.5 Å². The van der Waals surface area contributed by atoms with E-state index in [9.17, 15) is 4.79 Å². The molecule has 0 saturated carbocycles. The van der Waals surface area contributed by atoms with Crippen LogP contribution in [0.1, 0.15) is 11.1 Å². The van der Waals surface area contributed by atoms with E-state index in [1.54, 1.807) is 24.3 Å². The van der Waals surface area contributed by atoms with Gasteiger partial charge in [-0.05, 0) is 35.9 Å². The maximum Gasteiger partial charge on any atom is 0.275 e. The first kappa shape index (κ1) is 13.9. The molecule has 1 heterocycles. The Morgan fingerprint density at radius 3 is 2.43 bits per heavy atom. The summed E-state index contributed by atoms with van der Waals surface area (Å²) in [7, 11) is 0. The van der Waals surface area contributed by atoms with Crippen LogP contribution < -0.4 is 5.32 Å². The number of hydrogen-bond donors (Lipinski definition) is 1. The lowest BCUT2D eigenvalue weighted by molar-refractivity contribution is -0.115. The average Bonchev–Trinajstić information content (AvgIpc) is 2.83. The van der Waals surface area contributed by atoms with E-state index >= 15 is 0 Å². The molecule has 0 aromatic heterocycles. The molecule has 0 aliphatic carbocycles. The van der Waals surface area contributed by atoms with Crippen LogP contribution in [0, 0.1) is 0 Å². The maximum atomic E-state index is 12.0. The minimum Gasteiger partial charge on any atom is -0.305 e. The normalized spacial score (nSPS) is 16.0. The number of halogens is 2. The summed E-state index contributed by atoms with van der Waals surface area (Å²) < 4.78 is 0. The lowest BCUT2D eigenvalue weighted by Crippen LogP contribution is -2.24. The van der Waals surface area contributed by atoms with Crippen molar-refractivity contribution >= 4 is 41.0 Å². The van der Waals surface area contributed by atoms with E-state index in [4.69, 9.17) is 23.2 Å². The maximum absolute atomic E-state index is 12.0. The minimum atomic E-state index is -0.250. The summed E-state index contributed by atoms with van der Waals surface area (Å²) in [6.07, 6.45) is 1.70. The largest absolute Gasteiger partial charge is 0.305 e. The molecule has 3 nitrogen and oxygen atoms in total. The highest BCUT2D eigenvalue weighted by molar-refractivity contribution is 6.35. The molecule has 1 N–H and O–H groups in total. The van der Waals surface area contributed by atoms with Gasteiger partial charge in [-0.15, -0.1) is 0 Å². The summed E-state index contributed by atoms with van der Waals surface area (Å²) >= 11 is 11.9. The number of amides is 1. The summed E-state index contributed by atoms with van der Waals surface area (Å²) in [5.41, 5.74) is 1.90. The fourth-order valence-corrected chi connectivity index (χ4v) is 2.32. The number of rotatable bonds is 2. The highest BCUT2D eigenvalue weighted by Crippen LogP contribution is 2.20. The molecule has 0 bridgehead atoms. The highest BCUT2D eigenvalue weighted by atomic mass is 35.5. The second kappa shape index (κ2) is 5.72. The molecule has 0 unspecified atom stereocenters. The summed E-state index contributed by atoms with van der Waals surface area (Å²) in [5, 5.41) is 3.92. The Morgan fingerprint density at radius 1 is 1.00 bits per heavy atom. The third-order valence-electron chi connectivity index (χ3n) is 3.00. The van der Waals surface area contributed by atoms with Gasteiger partial charge < -0.3 is 5.32 Å². The zero-order valence-corrected chi connectivity index (χ0v) is 12.3. The number of hydrogen-bond acceptors (Lipinski definition) is 2. The molecule has 0 fully saturated rings. The summed E-state index contributed by atoms with van der Waals surface area (Å²) in [6.45, 7) is 0. The van der Waals surface area contributed by atoms with Gasteiger partial charge in [-0.25, -0.2) is 4.99 Å². The van der Waals surface area contributed by atoms with E-state index in [0.29, 0.717) is 27.1 Å². The van der Waals surface area contributed by atoms with Gasteiger partial charge in [0.1, 0.15) is 11.5 Å². The van der Waals surface area contributed by atoms with Gasteiger partial charge in [0.2, 0.25) is 0 Å². The summed E-state index contributed by atoms with van der Waals surface area (Å²) in [5.74, 6) is 0.214. The van der Waals surface area contributed by atoms with Crippen LogP contribution in [-0.2, 0) is 4.79 Å². The van der Waals surface area contributed by atoms with Crippen LogP contribution in [0.5, 0.6) is 0 Å². The number of amidine groups is 1. The minimum absolute atomic E-state index is 0.250. The molecule has 5 heteroatoms. The van der Waals surface area contributed by atoms with Gasteiger partial charge in [0.15, 0.2) is 0 Å². The van der Waals surface area contributed by atoms with Gasteiger partial charge in [-0.3, -0.25) is 4.79 Å². The Kier molecular flexibility index (Phi) is 3.78. The van der Waals surface area contributed by atoms with Crippen LogP contribution in [-0.4, -0.2) is 11.7 Å². The number of nitrogens with one attached hydrogen (secondary N) is 1. The van der Waals surface area contributed by atoms with Gasteiger partial charge in [-0.1, -0.05) is 47.5 Å². The van der Waals surface area contributed by atoms with E-state index in [2.05, 4.69) is 10.3 Å². The lowest BCUT2D eigenvalue weighted by Gasteiger charge is -2.01. The molecule has 1 aliphatic heterocycles. The van der Waals surface area contributed by atoms with Gasteiger partial charge in [-0.2, -0.15) is 0 Å². The molecule has 2 aromatic carbocycles. The smallest absolute Gasteiger partial charge is 0.275 e. The predicted octanol–water partition coefficient (Wildman–Crippen LogP) is 3.91. The van der Waals surface area contributed by atoms with Crippen molar-refractivity contribution in [2.45, 2.75) is 0 Å². The molecule has 0 saturated heterocycles. The molecule has 1 aliphatic rings. The number of benzene rings is 2. The van der Waals surface area contributed by atoms with Crippen LogP contribution in [0.15, 0.2) is 59.2 Å². The molecule has 2 aromatic rings. The van der Waals surface area contributed by atoms with Crippen LogP contribution in [0.4, 0.5) is 0 Å². The first-order valence-electron chi connectivity index (χ1n) is 6.26. The third-order valence-corrected chi connectivity index (χ3v) is 3.58.